The number of H-pyrrole nitrogens is 1. The molecule has 20 heavy (non-hydrogen) atoms. The quantitative estimate of drug-likeness (QED) is 0.869. The SMILES string of the molecule is CC(Cn1c(=O)[nH]c(Cl)c(C2CCCC2)c1=O)C1CC1. The fourth-order valence-corrected chi connectivity index (χ4v) is 3.71. The maximum Gasteiger partial charge on any atom is 0.329 e. The molecule has 1 atom stereocenters. The van der Waals surface area contributed by atoms with E-state index in [-0.39, 0.29) is 22.3 Å². The number of rotatable bonds is 4. The molecule has 1 unspecified atom stereocenters. The van der Waals surface area contributed by atoms with E-state index < -0.39 is 0 Å². The fourth-order valence-electron chi connectivity index (χ4n) is 3.40. The molecule has 0 amide bonds. The lowest BCUT2D eigenvalue weighted by molar-refractivity contribution is 0.409. The van der Waals surface area contributed by atoms with Gasteiger partial charge in [-0.05, 0) is 43.4 Å². The molecular formula is C15H21ClN2O2. The summed E-state index contributed by atoms with van der Waals surface area (Å²) < 4.78 is 1.36. The van der Waals surface area contributed by atoms with Crippen molar-refractivity contribution in [1.29, 1.82) is 0 Å². The summed E-state index contributed by atoms with van der Waals surface area (Å²) in [6.45, 7) is 2.63. The van der Waals surface area contributed by atoms with E-state index in [1.165, 1.54) is 17.4 Å². The van der Waals surface area contributed by atoms with Crippen molar-refractivity contribution in [2.75, 3.05) is 0 Å². The second-order valence-electron chi connectivity index (χ2n) is 6.37. The highest BCUT2D eigenvalue weighted by molar-refractivity contribution is 6.30. The first-order chi connectivity index (χ1) is 9.58. The van der Waals surface area contributed by atoms with E-state index >= 15 is 0 Å². The number of nitrogens with zero attached hydrogens (tertiary/aromatic N) is 1. The predicted molar refractivity (Wildman–Crippen MR) is 79.4 cm³/mol. The third-order valence-corrected chi connectivity index (χ3v) is 5.13. The summed E-state index contributed by atoms with van der Waals surface area (Å²) in [5.74, 6) is 1.27. The van der Waals surface area contributed by atoms with Crippen molar-refractivity contribution in [3.05, 3.63) is 31.6 Å². The molecule has 110 valence electrons. The first kappa shape index (κ1) is 13.9. The molecule has 2 aliphatic carbocycles. The van der Waals surface area contributed by atoms with Gasteiger partial charge >= 0.3 is 5.69 Å². The number of nitrogens with one attached hydrogen (secondary N) is 1. The Morgan fingerprint density at radius 1 is 1.25 bits per heavy atom. The second-order valence-corrected chi connectivity index (χ2v) is 6.75. The van der Waals surface area contributed by atoms with Gasteiger partial charge in [-0.25, -0.2) is 4.79 Å². The number of aromatic nitrogens is 2. The van der Waals surface area contributed by atoms with Crippen molar-refractivity contribution in [2.24, 2.45) is 11.8 Å². The van der Waals surface area contributed by atoms with Gasteiger partial charge < -0.3 is 0 Å². The second kappa shape index (κ2) is 5.40. The van der Waals surface area contributed by atoms with Crippen LogP contribution < -0.4 is 11.2 Å². The van der Waals surface area contributed by atoms with Crippen molar-refractivity contribution in [3.8, 4) is 0 Å². The number of hydrogen-bond acceptors (Lipinski definition) is 2. The van der Waals surface area contributed by atoms with E-state index in [0.717, 1.165) is 25.7 Å². The zero-order chi connectivity index (χ0) is 14.3. The van der Waals surface area contributed by atoms with Gasteiger partial charge in [0.2, 0.25) is 0 Å². The van der Waals surface area contributed by atoms with Gasteiger partial charge in [-0.2, -0.15) is 0 Å². The smallest absolute Gasteiger partial charge is 0.297 e. The van der Waals surface area contributed by atoms with Gasteiger partial charge in [-0.3, -0.25) is 14.3 Å². The topological polar surface area (TPSA) is 54.9 Å². The van der Waals surface area contributed by atoms with Crippen LogP contribution in [0, 0.1) is 11.8 Å². The van der Waals surface area contributed by atoms with E-state index in [0.29, 0.717) is 23.9 Å². The normalized spacial score (nSPS) is 21.3. The molecule has 2 fully saturated rings. The highest BCUT2D eigenvalue weighted by Crippen LogP contribution is 2.37. The average molecular weight is 297 g/mol. The average Bonchev–Trinajstić information content (AvgIpc) is 3.12. The van der Waals surface area contributed by atoms with E-state index in [1.54, 1.807) is 0 Å². The summed E-state index contributed by atoms with van der Waals surface area (Å²) >= 11 is 6.13. The molecule has 2 aliphatic rings. The van der Waals surface area contributed by atoms with Gasteiger partial charge in [0.15, 0.2) is 0 Å². The van der Waals surface area contributed by atoms with Gasteiger partial charge in [-0.15, -0.1) is 0 Å². The zero-order valence-corrected chi connectivity index (χ0v) is 12.6. The Labute approximate surface area is 123 Å². The van der Waals surface area contributed by atoms with Crippen molar-refractivity contribution < 1.29 is 0 Å². The summed E-state index contributed by atoms with van der Waals surface area (Å²) in [5, 5.41) is 0.252. The molecule has 0 aromatic carbocycles. The lowest BCUT2D eigenvalue weighted by atomic mass is 10.0. The Kier molecular flexibility index (Phi) is 3.76. The molecule has 1 aromatic rings. The van der Waals surface area contributed by atoms with Crippen LogP contribution in [0.15, 0.2) is 9.59 Å². The lowest BCUT2D eigenvalue weighted by Gasteiger charge is -2.16. The van der Waals surface area contributed by atoms with Crippen molar-refractivity contribution >= 4 is 11.6 Å². The third-order valence-electron chi connectivity index (χ3n) is 4.83. The molecule has 1 N–H and O–H groups in total. The predicted octanol–water partition coefficient (Wildman–Crippen LogP) is 2.89. The van der Waals surface area contributed by atoms with Crippen LogP contribution in [0.4, 0.5) is 0 Å². The Morgan fingerprint density at radius 3 is 2.50 bits per heavy atom. The monoisotopic (exact) mass is 296 g/mol. The molecule has 0 spiro atoms. The van der Waals surface area contributed by atoms with Gasteiger partial charge in [0.05, 0.1) is 5.56 Å². The van der Waals surface area contributed by atoms with Gasteiger partial charge in [-0.1, -0.05) is 31.4 Å². The van der Waals surface area contributed by atoms with Crippen LogP contribution in [0.3, 0.4) is 0 Å². The molecule has 3 rings (SSSR count). The largest absolute Gasteiger partial charge is 0.329 e. The Hall–Kier alpha value is -1.03. The van der Waals surface area contributed by atoms with Crippen LogP contribution in [0.1, 0.15) is 56.9 Å². The van der Waals surface area contributed by atoms with Crippen LogP contribution >= 0.6 is 11.6 Å². The van der Waals surface area contributed by atoms with Crippen LogP contribution in [0.2, 0.25) is 5.15 Å². The van der Waals surface area contributed by atoms with Crippen LogP contribution in [0.5, 0.6) is 0 Å². The molecule has 0 saturated heterocycles. The minimum atomic E-state index is -0.366. The van der Waals surface area contributed by atoms with E-state index in [4.69, 9.17) is 11.6 Å². The molecule has 0 aliphatic heterocycles. The summed E-state index contributed by atoms with van der Waals surface area (Å²) in [5.41, 5.74) is 0.0964. The summed E-state index contributed by atoms with van der Waals surface area (Å²) in [6, 6.07) is 0. The number of halogens is 1. The van der Waals surface area contributed by atoms with Crippen molar-refractivity contribution in [1.82, 2.24) is 9.55 Å². The molecule has 0 bridgehead atoms. The van der Waals surface area contributed by atoms with E-state index in [2.05, 4.69) is 11.9 Å². The number of aromatic amines is 1. The third kappa shape index (κ3) is 2.58. The van der Waals surface area contributed by atoms with Crippen LogP contribution in [-0.4, -0.2) is 9.55 Å². The highest BCUT2D eigenvalue weighted by Gasteiger charge is 2.30. The molecule has 2 saturated carbocycles. The Morgan fingerprint density at radius 2 is 1.90 bits per heavy atom. The first-order valence-electron chi connectivity index (χ1n) is 7.60. The van der Waals surface area contributed by atoms with Crippen molar-refractivity contribution in [3.63, 3.8) is 0 Å². The fraction of sp³-hybridized carbons (Fsp3) is 0.733. The lowest BCUT2D eigenvalue weighted by Crippen LogP contribution is -2.39. The number of hydrogen-bond donors (Lipinski definition) is 1. The van der Waals surface area contributed by atoms with Gasteiger partial charge in [0.25, 0.3) is 5.56 Å². The molecule has 5 heteroatoms. The maximum absolute atomic E-state index is 12.6. The van der Waals surface area contributed by atoms with Crippen molar-refractivity contribution in [2.45, 2.75) is 57.9 Å². The summed E-state index contributed by atoms with van der Waals surface area (Å²) in [7, 11) is 0. The van der Waals surface area contributed by atoms with Gasteiger partial charge in [0, 0.05) is 6.54 Å². The van der Waals surface area contributed by atoms with Gasteiger partial charge in [0.1, 0.15) is 5.15 Å². The highest BCUT2D eigenvalue weighted by atomic mass is 35.5. The van der Waals surface area contributed by atoms with Crippen LogP contribution in [-0.2, 0) is 6.54 Å². The molecule has 1 heterocycles. The maximum atomic E-state index is 12.6. The zero-order valence-electron chi connectivity index (χ0n) is 11.8. The Balaban J connectivity index is 1.98. The van der Waals surface area contributed by atoms with Crippen LogP contribution in [0.25, 0.3) is 0 Å². The molecule has 1 aromatic heterocycles. The van der Waals surface area contributed by atoms with E-state index in [9.17, 15) is 9.59 Å². The summed E-state index contributed by atoms with van der Waals surface area (Å²) in [6.07, 6.45) is 6.71. The summed E-state index contributed by atoms with van der Waals surface area (Å²) in [4.78, 5) is 27.3. The molecular weight excluding hydrogens is 276 g/mol. The van der Waals surface area contributed by atoms with E-state index in [1.807, 2.05) is 0 Å². The Bertz CT molecular complexity index is 609. The minimum absolute atomic E-state index is 0.168. The molecule has 4 nitrogen and oxygen atoms in total. The molecule has 0 radical (unpaired) electrons. The minimum Gasteiger partial charge on any atom is -0.297 e. The standard InChI is InChI=1S/C15H21ClN2O2/c1-9(10-6-7-10)8-18-14(19)12(11-4-2-3-5-11)13(16)17-15(18)20/h9-11H,2-8H2,1H3,(H,17,20). The first-order valence-corrected chi connectivity index (χ1v) is 7.98.